The van der Waals surface area contributed by atoms with Crippen LogP contribution in [0.1, 0.15) is 31.0 Å². The van der Waals surface area contributed by atoms with E-state index in [1.165, 1.54) is 0 Å². The van der Waals surface area contributed by atoms with E-state index < -0.39 is 6.23 Å². The van der Waals surface area contributed by atoms with Gasteiger partial charge in [0.05, 0.1) is 11.7 Å². The van der Waals surface area contributed by atoms with Gasteiger partial charge in [-0.1, -0.05) is 24.6 Å². The molecular weight excluding hydrogens is 358 g/mol. The fraction of sp³-hybridized carbons (Fsp3) is 0.286. The highest BCUT2D eigenvalue weighted by molar-refractivity contribution is 7.13. The molecule has 138 valence electrons. The molecule has 1 aromatic carbocycles. The molecule has 1 aliphatic rings. The number of hydrogen-bond donors (Lipinski definition) is 0. The van der Waals surface area contributed by atoms with Gasteiger partial charge in [0, 0.05) is 29.9 Å². The van der Waals surface area contributed by atoms with Crippen molar-refractivity contribution in [3.05, 3.63) is 65.9 Å². The molecular formula is C21H21N3O2S. The van der Waals surface area contributed by atoms with E-state index in [1.807, 2.05) is 42.5 Å². The molecule has 1 fully saturated rings. The predicted octanol–water partition coefficient (Wildman–Crippen LogP) is 4.34. The third-order valence-electron chi connectivity index (χ3n) is 4.78. The number of benzene rings is 1. The van der Waals surface area contributed by atoms with Crippen LogP contribution >= 0.6 is 11.3 Å². The zero-order valence-corrected chi connectivity index (χ0v) is 15.7. The second-order valence-corrected chi connectivity index (χ2v) is 7.38. The highest BCUT2D eigenvalue weighted by Crippen LogP contribution is 2.35. The number of aromatic nitrogens is 2. The van der Waals surface area contributed by atoms with Crippen LogP contribution in [0.15, 0.2) is 60.2 Å². The lowest BCUT2D eigenvalue weighted by Gasteiger charge is -2.37. The van der Waals surface area contributed by atoms with Crippen molar-refractivity contribution >= 4 is 17.6 Å². The summed E-state index contributed by atoms with van der Waals surface area (Å²) in [5.41, 5.74) is 2.08. The van der Waals surface area contributed by atoms with E-state index >= 15 is 0 Å². The minimum atomic E-state index is -0.608. The Kier molecular flexibility index (Phi) is 5.55. The monoisotopic (exact) mass is 379 g/mol. The number of nitrogens with zero attached hydrogens (tertiary/aromatic N) is 3. The van der Waals surface area contributed by atoms with Gasteiger partial charge in [0.15, 0.2) is 6.29 Å². The van der Waals surface area contributed by atoms with Crippen molar-refractivity contribution < 1.29 is 9.53 Å². The van der Waals surface area contributed by atoms with E-state index in [2.05, 4.69) is 15.3 Å². The van der Waals surface area contributed by atoms with Gasteiger partial charge in [-0.25, -0.2) is 4.98 Å². The van der Waals surface area contributed by atoms with Crippen LogP contribution in [-0.4, -0.2) is 33.9 Å². The summed E-state index contributed by atoms with van der Waals surface area (Å²) in [7, 11) is 0. The first-order chi connectivity index (χ1) is 13.3. The maximum Gasteiger partial charge on any atom is 0.209 e. The summed E-state index contributed by atoms with van der Waals surface area (Å²) < 4.78 is 5.97. The molecule has 0 aliphatic carbocycles. The molecule has 0 saturated carbocycles. The number of ether oxygens (including phenoxy) is 1. The van der Waals surface area contributed by atoms with Gasteiger partial charge >= 0.3 is 0 Å². The van der Waals surface area contributed by atoms with Crippen LogP contribution in [0.4, 0.5) is 0 Å². The van der Waals surface area contributed by atoms with Crippen molar-refractivity contribution in [2.24, 2.45) is 0 Å². The zero-order chi connectivity index (χ0) is 18.5. The molecule has 0 radical (unpaired) electrons. The average Bonchev–Trinajstić information content (AvgIpc) is 3.24. The molecule has 3 heterocycles. The predicted molar refractivity (Wildman–Crippen MR) is 106 cm³/mol. The fourth-order valence-corrected chi connectivity index (χ4v) is 4.33. The van der Waals surface area contributed by atoms with Gasteiger partial charge in [0.25, 0.3) is 0 Å². The fourth-order valence-electron chi connectivity index (χ4n) is 3.45. The average molecular weight is 379 g/mol. The second kappa shape index (κ2) is 8.41. The number of likely N-dealkylation sites (tertiary alicyclic amines) is 1. The number of carbonyl (C=O) groups is 1. The Balaban J connectivity index is 1.57. The maximum atomic E-state index is 11.8. The molecule has 27 heavy (non-hydrogen) atoms. The Hall–Kier alpha value is -2.57. The number of aldehydes is 1. The molecule has 1 saturated heterocycles. The number of rotatable bonds is 6. The summed E-state index contributed by atoms with van der Waals surface area (Å²) >= 11 is 1.63. The maximum absolute atomic E-state index is 11.8. The minimum Gasteiger partial charge on any atom is -0.468 e. The first-order valence-electron chi connectivity index (χ1n) is 9.14. The van der Waals surface area contributed by atoms with Gasteiger partial charge in [-0.15, -0.1) is 11.3 Å². The van der Waals surface area contributed by atoms with Crippen LogP contribution in [0.3, 0.4) is 0 Å². The molecule has 5 nitrogen and oxygen atoms in total. The normalized spacial score (nSPS) is 18.7. The number of pyridine rings is 1. The molecule has 1 unspecified atom stereocenters. The highest BCUT2D eigenvalue weighted by atomic mass is 32.1. The lowest BCUT2D eigenvalue weighted by Crippen LogP contribution is -2.45. The molecule has 6 heteroatoms. The van der Waals surface area contributed by atoms with Crippen molar-refractivity contribution in [3.63, 3.8) is 0 Å². The number of thiazole rings is 1. The van der Waals surface area contributed by atoms with E-state index in [-0.39, 0.29) is 6.04 Å². The van der Waals surface area contributed by atoms with E-state index in [0.29, 0.717) is 5.75 Å². The third-order valence-corrected chi connectivity index (χ3v) is 5.69. The van der Waals surface area contributed by atoms with Crippen molar-refractivity contribution in [2.45, 2.75) is 31.5 Å². The first-order valence-corrected chi connectivity index (χ1v) is 10.0. The quantitative estimate of drug-likeness (QED) is 0.597. The van der Waals surface area contributed by atoms with Gasteiger partial charge in [-0.05, 0) is 37.1 Å². The molecule has 1 aliphatic heterocycles. The SMILES string of the molecule is O=CC(Oc1ccccc1)N1CCCC[C@@H]1c1csc(-c2ccncc2)n1. The third kappa shape index (κ3) is 4.07. The van der Waals surface area contributed by atoms with Gasteiger partial charge in [-0.3, -0.25) is 14.7 Å². The lowest BCUT2D eigenvalue weighted by molar-refractivity contribution is -0.125. The largest absolute Gasteiger partial charge is 0.468 e. The second-order valence-electron chi connectivity index (χ2n) is 6.52. The van der Waals surface area contributed by atoms with E-state index in [4.69, 9.17) is 9.72 Å². The Morgan fingerprint density at radius 3 is 2.74 bits per heavy atom. The Bertz CT molecular complexity index is 869. The van der Waals surface area contributed by atoms with Crippen LogP contribution in [0.25, 0.3) is 10.6 Å². The van der Waals surface area contributed by atoms with Crippen molar-refractivity contribution in [3.8, 4) is 16.3 Å². The molecule has 3 aromatic rings. The smallest absolute Gasteiger partial charge is 0.209 e. The van der Waals surface area contributed by atoms with Crippen LogP contribution in [-0.2, 0) is 4.79 Å². The molecule has 0 bridgehead atoms. The number of carbonyl (C=O) groups excluding carboxylic acids is 1. The van der Waals surface area contributed by atoms with Crippen LogP contribution in [0.2, 0.25) is 0 Å². The summed E-state index contributed by atoms with van der Waals surface area (Å²) in [6.45, 7) is 0.822. The van der Waals surface area contributed by atoms with Gasteiger partial charge < -0.3 is 4.74 Å². The summed E-state index contributed by atoms with van der Waals surface area (Å²) in [6, 6.07) is 13.5. The van der Waals surface area contributed by atoms with Gasteiger partial charge in [-0.2, -0.15) is 0 Å². The summed E-state index contributed by atoms with van der Waals surface area (Å²) in [4.78, 5) is 22.9. The Morgan fingerprint density at radius 1 is 1.15 bits per heavy atom. The van der Waals surface area contributed by atoms with Gasteiger partial charge in [0.1, 0.15) is 10.8 Å². The van der Waals surface area contributed by atoms with Crippen LogP contribution < -0.4 is 4.74 Å². The minimum absolute atomic E-state index is 0.0875. The van der Waals surface area contributed by atoms with Crippen molar-refractivity contribution in [1.29, 1.82) is 0 Å². The van der Waals surface area contributed by atoms with Crippen molar-refractivity contribution in [1.82, 2.24) is 14.9 Å². The Morgan fingerprint density at radius 2 is 1.96 bits per heavy atom. The standard InChI is InChI=1S/C21H21N3O2S/c25-14-20(26-17-6-2-1-3-7-17)24-13-5-4-8-19(24)18-15-27-21(23-18)16-9-11-22-12-10-16/h1-3,6-7,9-12,14-15,19-20H,4-5,8,13H2/t19-,20?/m1/s1. The molecule has 4 rings (SSSR count). The summed E-state index contributed by atoms with van der Waals surface area (Å²) in [6.07, 6.45) is 6.99. The van der Waals surface area contributed by atoms with E-state index in [9.17, 15) is 4.79 Å². The Labute approximate surface area is 162 Å². The van der Waals surface area contributed by atoms with Gasteiger partial charge in [0.2, 0.25) is 6.23 Å². The van der Waals surface area contributed by atoms with Crippen LogP contribution in [0, 0.1) is 0 Å². The van der Waals surface area contributed by atoms with E-state index in [1.54, 1.807) is 23.7 Å². The number of para-hydroxylation sites is 1. The van der Waals surface area contributed by atoms with Crippen LogP contribution in [0.5, 0.6) is 5.75 Å². The molecule has 2 aromatic heterocycles. The molecule has 0 N–H and O–H groups in total. The summed E-state index contributed by atoms with van der Waals surface area (Å²) in [5, 5.41) is 3.08. The number of hydrogen-bond acceptors (Lipinski definition) is 6. The van der Waals surface area contributed by atoms with Crippen molar-refractivity contribution in [2.75, 3.05) is 6.54 Å². The molecule has 0 amide bonds. The zero-order valence-electron chi connectivity index (χ0n) is 14.9. The molecule has 0 spiro atoms. The van der Waals surface area contributed by atoms with E-state index in [0.717, 1.165) is 48.4 Å². The lowest BCUT2D eigenvalue weighted by atomic mass is 9.99. The molecule has 2 atom stereocenters. The summed E-state index contributed by atoms with van der Waals surface area (Å²) in [5.74, 6) is 0.703. The highest BCUT2D eigenvalue weighted by Gasteiger charge is 2.32. The first kappa shape index (κ1) is 17.8. The number of piperidine rings is 1. The topological polar surface area (TPSA) is 55.3 Å².